The molecule has 2 aromatic rings. The Morgan fingerprint density at radius 2 is 1.80 bits per heavy atom. The second kappa shape index (κ2) is 8.87. The van der Waals surface area contributed by atoms with Crippen molar-refractivity contribution in [2.24, 2.45) is 0 Å². The van der Waals surface area contributed by atoms with Gasteiger partial charge in [-0.15, -0.1) is 0 Å². The molecule has 5 heteroatoms. The van der Waals surface area contributed by atoms with Crippen molar-refractivity contribution in [1.82, 2.24) is 0 Å². The van der Waals surface area contributed by atoms with Crippen molar-refractivity contribution in [3.05, 3.63) is 59.2 Å². The van der Waals surface area contributed by atoms with Gasteiger partial charge in [0.2, 0.25) is 0 Å². The number of amides is 1. The molecule has 0 aliphatic carbocycles. The number of hydrogen-bond donors (Lipinski definition) is 1. The van der Waals surface area contributed by atoms with Gasteiger partial charge in [0.05, 0.1) is 13.5 Å². The normalized spacial score (nSPS) is 10.2. The first-order chi connectivity index (χ1) is 12.0. The van der Waals surface area contributed by atoms with E-state index in [9.17, 15) is 9.59 Å². The van der Waals surface area contributed by atoms with Crippen molar-refractivity contribution in [2.75, 3.05) is 19.0 Å². The summed E-state index contributed by atoms with van der Waals surface area (Å²) in [6.45, 7) is 3.94. The van der Waals surface area contributed by atoms with E-state index in [0.717, 1.165) is 28.8 Å². The summed E-state index contributed by atoms with van der Waals surface area (Å²) in [6, 6.07) is 13.0. The smallest absolute Gasteiger partial charge is 0.309 e. The molecule has 0 unspecified atom stereocenters. The highest BCUT2D eigenvalue weighted by molar-refractivity contribution is 5.93. The molecule has 0 aromatic heterocycles. The largest absolute Gasteiger partial charge is 0.484 e. The van der Waals surface area contributed by atoms with E-state index in [1.54, 1.807) is 24.3 Å². The van der Waals surface area contributed by atoms with Crippen molar-refractivity contribution < 1.29 is 19.1 Å². The second-order valence-electron chi connectivity index (χ2n) is 5.70. The van der Waals surface area contributed by atoms with Gasteiger partial charge in [0.25, 0.3) is 5.91 Å². The zero-order chi connectivity index (χ0) is 18.2. The first-order valence-electron chi connectivity index (χ1n) is 8.20. The minimum Gasteiger partial charge on any atom is -0.484 e. The monoisotopic (exact) mass is 341 g/mol. The minimum absolute atomic E-state index is 0.0756. The Kier molecular flexibility index (Phi) is 6.57. The van der Waals surface area contributed by atoms with Gasteiger partial charge in [-0.2, -0.15) is 0 Å². The van der Waals surface area contributed by atoms with E-state index in [1.165, 1.54) is 7.11 Å². The molecular formula is C20H23NO4. The maximum Gasteiger partial charge on any atom is 0.309 e. The van der Waals surface area contributed by atoms with Crippen molar-refractivity contribution in [3.63, 3.8) is 0 Å². The molecule has 5 nitrogen and oxygen atoms in total. The predicted molar refractivity (Wildman–Crippen MR) is 96.8 cm³/mol. The molecule has 0 saturated heterocycles. The Hall–Kier alpha value is -2.82. The number of esters is 1. The molecule has 1 N–H and O–H groups in total. The number of benzene rings is 2. The molecule has 0 aliphatic heterocycles. The highest BCUT2D eigenvalue weighted by Crippen LogP contribution is 2.21. The molecule has 0 bridgehead atoms. The number of nitrogens with one attached hydrogen (secondary N) is 1. The van der Waals surface area contributed by atoms with Crippen LogP contribution in [-0.2, 0) is 27.2 Å². The van der Waals surface area contributed by atoms with Crippen LogP contribution in [0.3, 0.4) is 0 Å². The quantitative estimate of drug-likeness (QED) is 0.785. The van der Waals surface area contributed by atoms with Gasteiger partial charge >= 0.3 is 5.97 Å². The van der Waals surface area contributed by atoms with Crippen molar-refractivity contribution in [2.45, 2.75) is 26.7 Å². The number of para-hydroxylation sites is 1. The van der Waals surface area contributed by atoms with Gasteiger partial charge in [0.15, 0.2) is 6.61 Å². The molecule has 1 amide bonds. The zero-order valence-corrected chi connectivity index (χ0v) is 14.8. The molecule has 25 heavy (non-hydrogen) atoms. The number of rotatable bonds is 7. The average molecular weight is 341 g/mol. The van der Waals surface area contributed by atoms with Gasteiger partial charge in [0, 0.05) is 5.69 Å². The number of anilines is 1. The second-order valence-corrected chi connectivity index (χ2v) is 5.70. The van der Waals surface area contributed by atoms with Crippen molar-refractivity contribution in [1.29, 1.82) is 0 Å². The van der Waals surface area contributed by atoms with Gasteiger partial charge in [-0.25, -0.2) is 0 Å². The van der Waals surface area contributed by atoms with Crippen molar-refractivity contribution in [3.8, 4) is 5.75 Å². The Labute approximate surface area is 148 Å². The van der Waals surface area contributed by atoms with Crippen LogP contribution in [0.15, 0.2) is 42.5 Å². The van der Waals surface area contributed by atoms with E-state index in [-0.39, 0.29) is 24.9 Å². The summed E-state index contributed by atoms with van der Waals surface area (Å²) < 4.78 is 10.1. The number of carbonyl (C=O) groups excluding carboxylic acids is 2. The Balaban J connectivity index is 1.91. The fourth-order valence-corrected chi connectivity index (χ4v) is 2.47. The standard InChI is InChI=1S/C20H23NO4/c1-4-16-7-5-6-14(2)20(16)21-18(22)13-25-17-10-8-15(9-11-17)12-19(23)24-3/h5-11H,4,12-13H2,1-3H3,(H,21,22). The third kappa shape index (κ3) is 5.35. The number of methoxy groups -OCH3 is 1. The van der Waals surface area contributed by atoms with Crippen LogP contribution >= 0.6 is 0 Å². The summed E-state index contributed by atoms with van der Waals surface area (Å²) in [4.78, 5) is 23.4. The van der Waals surface area contributed by atoms with E-state index in [0.29, 0.717) is 5.75 Å². The number of ether oxygens (including phenoxy) is 2. The van der Waals surface area contributed by atoms with Crippen LogP contribution in [-0.4, -0.2) is 25.6 Å². The molecule has 2 aromatic carbocycles. The maximum absolute atomic E-state index is 12.2. The lowest BCUT2D eigenvalue weighted by atomic mass is 10.1. The molecule has 132 valence electrons. The van der Waals surface area contributed by atoms with Crippen LogP contribution in [0, 0.1) is 6.92 Å². The molecule has 0 heterocycles. The van der Waals surface area contributed by atoms with E-state index in [2.05, 4.69) is 17.0 Å². The summed E-state index contributed by atoms with van der Waals surface area (Å²) >= 11 is 0. The third-order valence-corrected chi connectivity index (χ3v) is 3.87. The number of aryl methyl sites for hydroxylation is 2. The van der Waals surface area contributed by atoms with Gasteiger partial charge in [-0.05, 0) is 42.2 Å². The summed E-state index contributed by atoms with van der Waals surface area (Å²) in [5, 5.41) is 2.92. The number of carbonyl (C=O) groups is 2. The van der Waals surface area contributed by atoms with Gasteiger partial charge < -0.3 is 14.8 Å². The summed E-state index contributed by atoms with van der Waals surface area (Å²) in [5.41, 5.74) is 3.81. The van der Waals surface area contributed by atoms with Gasteiger partial charge in [-0.1, -0.05) is 37.3 Å². The Morgan fingerprint density at radius 1 is 1.08 bits per heavy atom. The van der Waals surface area contributed by atoms with E-state index >= 15 is 0 Å². The maximum atomic E-state index is 12.2. The number of hydrogen-bond acceptors (Lipinski definition) is 4. The van der Waals surface area contributed by atoms with E-state index in [1.807, 2.05) is 25.1 Å². The third-order valence-electron chi connectivity index (χ3n) is 3.87. The first kappa shape index (κ1) is 18.5. The van der Waals surface area contributed by atoms with E-state index < -0.39 is 0 Å². The molecule has 0 aliphatic rings. The Morgan fingerprint density at radius 3 is 2.44 bits per heavy atom. The molecule has 0 saturated carbocycles. The average Bonchev–Trinajstić information content (AvgIpc) is 2.62. The molecule has 0 spiro atoms. The molecular weight excluding hydrogens is 318 g/mol. The first-order valence-corrected chi connectivity index (χ1v) is 8.20. The minimum atomic E-state index is -0.294. The molecule has 2 rings (SSSR count). The van der Waals surface area contributed by atoms with Crippen LogP contribution in [0.25, 0.3) is 0 Å². The summed E-state index contributed by atoms with van der Waals surface area (Å²) in [6.07, 6.45) is 1.06. The van der Waals surface area contributed by atoms with Crippen LogP contribution in [0.1, 0.15) is 23.6 Å². The lowest BCUT2D eigenvalue weighted by Gasteiger charge is -2.13. The lowest BCUT2D eigenvalue weighted by molar-refractivity contribution is -0.139. The lowest BCUT2D eigenvalue weighted by Crippen LogP contribution is -2.21. The van der Waals surface area contributed by atoms with Gasteiger partial charge in [0.1, 0.15) is 5.75 Å². The fourth-order valence-electron chi connectivity index (χ4n) is 2.47. The topological polar surface area (TPSA) is 64.6 Å². The van der Waals surface area contributed by atoms with Crippen LogP contribution in [0.5, 0.6) is 5.75 Å². The van der Waals surface area contributed by atoms with Gasteiger partial charge in [-0.3, -0.25) is 9.59 Å². The highest BCUT2D eigenvalue weighted by atomic mass is 16.5. The Bertz CT molecular complexity index is 738. The molecule has 0 radical (unpaired) electrons. The van der Waals surface area contributed by atoms with E-state index in [4.69, 9.17) is 4.74 Å². The van der Waals surface area contributed by atoms with Crippen LogP contribution < -0.4 is 10.1 Å². The van der Waals surface area contributed by atoms with Crippen molar-refractivity contribution >= 4 is 17.6 Å². The molecule has 0 atom stereocenters. The summed E-state index contributed by atoms with van der Waals surface area (Å²) in [5.74, 6) is 0.0740. The van der Waals surface area contributed by atoms with Crippen LogP contribution in [0.2, 0.25) is 0 Å². The fraction of sp³-hybridized carbons (Fsp3) is 0.300. The summed E-state index contributed by atoms with van der Waals surface area (Å²) in [7, 11) is 1.36. The SMILES string of the molecule is CCc1cccc(C)c1NC(=O)COc1ccc(CC(=O)OC)cc1. The zero-order valence-electron chi connectivity index (χ0n) is 14.8. The van der Waals surface area contributed by atoms with Crippen LogP contribution in [0.4, 0.5) is 5.69 Å². The molecule has 0 fully saturated rings. The highest BCUT2D eigenvalue weighted by Gasteiger charge is 2.09. The predicted octanol–water partition coefficient (Wildman–Crippen LogP) is 3.29.